The first-order valence-electron chi connectivity index (χ1n) is 6.57. The molecule has 5 heteroatoms. The van der Waals surface area contributed by atoms with Gasteiger partial charge in [-0.1, -0.05) is 24.3 Å². The van der Waals surface area contributed by atoms with Crippen molar-refractivity contribution < 1.29 is 4.79 Å². The first-order valence-corrected chi connectivity index (χ1v) is 6.57. The fraction of sp³-hybridized carbons (Fsp3) is 0.267. The second-order valence-electron chi connectivity index (χ2n) is 4.74. The number of hydrogen-bond donors (Lipinski definition) is 1. The molecule has 3 rings (SSSR count). The highest BCUT2D eigenvalue weighted by Gasteiger charge is 2.27. The fourth-order valence-corrected chi connectivity index (χ4v) is 2.40. The number of pyridine rings is 1. The number of piperazine rings is 1. The Morgan fingerprint density at radius 3 is 3.05 bits per heavy atom. The Balaban J connectivity index is 1.93. The maximum Gasteiger partial charge on any atom is 0.273 e. The second-order valence-corrected chi connectivity index (χ2v) is 4.74. The summed E-state index contributed by atoms with van der Waals surface area (Å²) in [6.07, 6.45) is 0. The van der Waals surface area contributed by atoms with E-state index in [0.29, 0.717) is 25.3 Å². The Kier molecular flexibility index (Phi) is 3.32. The van der Waals surface area contributed by atoms with Gasteiger partial charge < -0.3 is 10.2 Å². The molecule has 1 N–H and O–H groups in total. The van der Waals surface area contributed by atoms with E-state index in [9.17, 15) is 4.79 Å². The topological polar surface area (TPSA) is 69.0 Å². The summed E-state index contributed by atoms with van der Waals surface area (Å²) in [5.41, 5.74) is 1.19. The minimum atomic E-state index is -0.426. The Labute approximate surface area is 116 Å². The van der Waals surface area contributed by atoms with Gasteiger partial charge in [0, 0.05) is 25.0 Å². The molecule has 2 aromatic rings. The largest absolute Gasteiger partial charge is 0.319 e. The van der Waals surface area contributed by atoms with Crippen molar-refractivity contribution in [2.75, 3.05) is 19.6 Å². The summed E-state index contributed by atoms with van der Waals surface area (Å²) < 4.78 is 0. The molecule has 1 unspecified atom stereocenters. The number of amides is 1. The Bertz CT molecular complexity index is 692. The van der Waals surface area contributed by atoms with E-state index in [1.54, 1.807) is 11.0 Å². The molecule has 100 valence electrons. The third-order valence-corrected chi connectivity index (χ3v) is 3.47. The summed E-state index contributed by atoms with van der Waals surface area (Å²) in [7, 11) is 0. The van der Waals surface area contributed by atoms with E-state index in [2.05, 4.69) is 16.4 Å². The van der Waals surface area contributed by atoms with Crippen LogP contribution in [-0.4, -0.2) is 41.5 Å². The Morgan fingerprint density at radius 2 is 2.20 bits per heavy atom. The molecule has 1 aliphatic rings. The summed E-state index contributed by atoms with van der Waals surface area (Å²) in [6.45, 7) is 1.75. The summed E-state index contributed by atoms with van der Waals surface area (Å²) >= 11 is 0. The van der Waals surface area contributed by atoms with E-state index in [4.69, 9.17) is 5.26 Å². The second kappa shape index (κ2) is 5.27. The molecule has 1 aromatic carbocycles. The van der Waals surface area contributed by atoms with Crippen LogP contribution in [0.25, 0.3) is 10.9 Å². The van der Waals surface area contributed by atoms with Gasteiger partial charge in [-0.25, -0.2) is 4.98 Å². The highest BCUT2D eigenvalue weighted by Crippen LogP contribution is 2.14. The SMILES string of the molecule is N#CC1CNCCN1C(=O)c1ccc2ccccc2n1. The summed E-state index contributed by atoms with van der Waals surface area (Å²) in [4.78, 5) is 18.5. The maximum atomic E-state index is 12.5. The number of rotatable bonds is 1. The number of carbonyl (C=O) groups is 1. The normalized spacial score (nSPS) is 18.8. The van der Waals surface area contributed by atoms with Crippen LogP contribution in [0.15, 0.2) is 36.4 Å². The van der Waals surface area contributed by atoms with Crippen LogP contribution >= 0.6 is 0 Å². The minimum absolute atomic E-state index is 0.177. The summed E-state index contributed by atoms with van der Waals surface area (Å²) in [5.74, 6) is -0.177. The highest BCUT2D eigenvalue weighted by molar-refractivity contribution is 5.95. The van der Waals surface area contributed by atoms with Crippen LogP contribution in [0.4, 0.5) is 0 Å². The molecule has 1 aliphatic heterocycles. The van der Waals surface area contributed by atoms with Gasteiger partial charge in [-0.2, -0.15) is 5.26 Å². The number of benzene rings is 1. The van der Waals surface area contributed by atoms with Crippen LogP contribution in [0.1, 0.15) is 10.5 Å². The first-order chi connectivity index (χ1) is 9.79. The molecule has 20 heavy (non-hydrogen) atoms. The lowest BCUT2D eigenvalue weighted by molar-refractivity contribution is 0.0681. The van der Waals surface area contributed by atoms with Gasteiger partial charge in [0.05, 0.1) is 11.6 Å². The lowest BCUT2D eigenvalue weighted by Crippen LogP contribution is -2.53. The fourth-order valence-electron chi connectivity index (χ4n) is 2.40. The van der Waals surface area contributed by atoms with E-state index in [1.165, 1.54) is 0 Å². The quantitative estimate of drug-likeness (QED) is 0.841. The lowest BCUT2D eigenvalue weighted by Gasteiger charge is -2.31. The van der Waals surface area contributed by atoms with Crippen molar-refractivity contribution in [3.05, 3.63) is 42.1 Å². The van der Waals surface area contributed by atoms with Gasteiger partial charge in [-0.15, -0.1) is 0 Å². The molecule has 2 heterocycles. The van der Waals surface area contributed by atoms with Crippen molar-refractivity contribution in [2.24, 2.45) is 0 Å². The Hall–Kier alpha value is -2.45. The zero-order valence-corrected chi connectivity index (χ0v) is 10.9. The molecular weight excluding hydrogens is 252 g/mol. The maximum absolute atomic E-state index is 12.5. The molecule has 1 saturated heterocycles. The van der Waals surface area contributed by atoms with Crippen molar-refractivity contribution in [1.82, 2.24) is 15.2 Å². The van der Waals surface area contributed by atoms with Crippen molar-refractivity contribution in [2.45, 2.75) is 6.04 Å². The van der Waals surface area contributed by atoms with Gasteiger partial charge in [-0.05, 0) is 12.1 Å². The zero-order chi connectivity index (χ0) is 13.9. The van der Waals surface area contributed by atoms with Crippen molar-refractivity contribution in [1.29, 1.82) is 5.26 Å². The van der Waals surface area contributed by atoms with Crippen molar-refractivity contribution >= 4 is 16.8 Å². The van der Waals surface area contributed by atoms with Crippen LogP contribution in [0.3, 0.4) is 0 Å². The number of fused-ring (bicyclic) bond motifs is 1. The number of nitrogens with zero attached hydrogens (tertiary/aromatic N) is 3. The molecule has 0 aliphatic carbocycles. The molecule has 5 nitrogen and oxygen atoms in total. The van der Waals surface area contributed by atoms with Gasteiger partial charge in [0.1, 0.15) is 11.7 Å². The summed E-state index contributed by atoms with van der Waals surface area (Å²) in [5, 5.41) is 13.2. The molecular formula is C15H14N4O. The van der Waals surface area contributed by atoms with Crippen LogP contribution < -0.4 is 5.32 Å². The van der Waals surface area contributed by atoms with Crippen LogP contribution in [0, 0.1) is 11.3 Å². The van der Waals surface area contributed by atoms with E-state index in [-0.39, 0.29) is 5.91 Å². The zero-order valence-electron chi connectivity index (χ0n) is 10.9. The van der Waals surface area contributed by atoms with Crippen LogP contribution in [-0.2, 0) is 0 Å². The molecule has 1 fully saturated rings. The van der Waals surface area contributed by atoms with Gasteiger partial charge in [0.15, 0.2) is 0 Å². The van der Waals surface area contributed by atoms with Crippen molar-refractivity contribution in [3.8, 4) is 6.07 Å². The number of hydrogen-bond acceptors (Lipinski definition) is 4. The molecule has 0 bridgehead atoms. The molecule has 1 atom stereocenters. The summed E-state index contributed by atoms with van der Waals surface area (Å²) in [6, 6.07) is 13.0. The van der Waals surface area contributed by atoms with E-state index in [1.807, 2.05) is 30.3 Å². The van der Waals surface area contributed by atoms with E-state index in [0.717, 1.165) is 10.9 Å². The number of carbonyl (C=O) groups excluding carboxylic acids is 1. The van der Waals surface area contributed by atoms with Crippen molar-refractivity contribution in [3.63, 3.8) is 0 Å². The van der Waals surface area contributed by atoms with E-state index < -0.39 is 6.04 Å². The Morgan fingerprint density at radius 1 is 1.35 bits per heavy atom. The molecule has 1 aromatic heterocycles. The number of nitrogens with one attached hydrogen (secondary N) is 1. The number of aromatic nitrogens is 1. The van der Waals surface area contributed by atoms with Crippen LogP contribution in [0.2, 0.25) is 0 Å². The third-order valence-electron chi connectivity index (χ3n) is 3.47. The average Bonchev–Trinajstić information content (AvgIpc) is 2.53. The lowest BCUT2D eigenvalue weighted by atomic mass is 10.1. The molecule has 0 radical (unpaired) electrons. The minimum Gasteiger partial charge on any atom is -0.319 e. The predicted octanol–water partition coefficient (Wildman–Crippen LogP) is 1.17. The van der Waals surface area contributed by atoms with Gasteiger partial charge in [0.25, 0.3) is 5.91 Å². The molecule has 0 spiro atoms. The predicted molar refractivity (Wildman–Crippen MR) is 75.1 cm³/mol. The number of para-hydroxylation sites is 1. The van der Waals surface area contributed by atoms with Gasteiger partial charge >= 0.3 is 0 Å². The van der Waals surface area contributed by atoms with Gasteiger partial charge in [0.2, 0.25) is 0 Å². The number of nitriles is 1. The third kappa shape index (κ3) is 2.22. The monoisotopic (exact) mass is 266 g/mol. The van der Waals surface area contributed by atoms with Crippen LogP contribution in [0.5, 0.6) is 0 Å². The van der Waals surface area contributed by atoms with E-state index >= 15 is 0 Å². The highest BCUT2D eigenvalue weighted by atomic mass is 16.2. The van der Waals surface area contributed by atoms with Gasteiger partial charge in [-0.3, -0.25) is 4.79 Å². The first kappa shape index (κ1) is 12.6. The molecule has 1 amide bonds. The standard InChI is InChI=1S/C15H14N4O/c16-9-12-10-17-7-8-19(12)15(20)14-6-5-11-3-1-2-4-13(11)18-14/h1-6,12,17H,7-8,10H2. The average molecular weight is 266 g/mol. The smallest absolute Gasteiger partial charge is 0.273 e. The molecule has 0 saturated carbocycles.